The van der Waals surface area contributed by atoms with Gasteiger partial charge in [0.2, 0.25) is 0 Å². The Morgan fingerprint density at radius 1 is 1.36 bits per heavy atom. The zero-order chi connectivity index (χ0) is 16.2. The van der Waals surface area contributed by atoms with E-state index in [9.17, 15) is 9.59 Å². The molecular weight excluding hydrogens is 286 g/mol. The number of rotatable bonds is 10. The van der Waals surface area contributed by atoms with Crippen LogP contribution in [0.4, 0.5) is 0 Å². The van der Waals surface area contributed by atoms with Gasteiger partial charge in [-0.3, -0.25) is 9.59 Å². The van der Waals surface area contributed by atoms with E-state index >= 15 is 0 Å². The largest absolute Gasteiger partial charge is 0.481 e. The summed E-state index contributed by atoms with van der Waals surface area (Å²) in [4.78, 5) is 22.1. The number of hydrogen-bond acceptors (Lipinski definition) is 5. The molecule has 0 atom stereocenters. The van der Waals surface area contributed by atoms with Crippen molar-refractivity contribution in [2.24, 2.45) is 0 Å². The van der Waals surface area contributed by atoms with Gasteiger partial charge in [0.1, 0.15) is 17.4 Å². The van der Waals surface area contributed by atoms with E-state index < -0.39 is 11.9 Å². The van der Waals surface area contributed by atoms with Crippen LogP contribution in [0.5, 0.6) is 0 Å². The Morgan fingerprint density at radius 3 is 2.82 bits per heavy atom. The van der Waals surface area contributed by atoms with Gasteiger partial charge in [-0.05, 0) is 25.0 Å². The molecule has 3 N–H and O–H groups in total. The molecule has 1 aromatic rings. The Kier molecular flexibility index (Phi) is 7.90. The van der Waals surface area contributed by atoms with E-state index in [1.54, 1.807) is 18.4 Å². The van der Waals surface area contributed by atoms with E-state index in [0.29, 0.717) is 31.7 Å². The molecule has 118 valence electrons. The first kappa shape index (κ1) is 17.3. The van der Waals surface area contributed by atoms with Crippen molar-refractivity contribution in [3.05, 3.63) is 35.9 Å². The quantitative estimate of drug-likeness (QED) is 0.343. The van der Waals surface area contributed by atoms with E-state index in [1.165, 1.54) is 6.20 Å². The van der Waals surface area contributed by atoms with Crippen LogP contribution in [-0.4, -0.2) is 23.5 Å². The number of nitriles is 1. The zero-order valence-corrected chi connectivity index (χ0v) is 12.2. The highest BCUT2D eigenvalue weighted by molar-refractivity contribution is 5.97. The standard InChI is InChI=1S/C15H19N3O4/c16-9-12(10-17-11-13-5-4-8-22-13)15(21)18-7-3-1-2-6-14(19)20/h4-5,8,10,17H,1-3,6-7,11H2,(H,18,21)(H,19,20)/b12-10-. The number of aliphatic carboxylic acids is 1. The number of amides is 1. The summed E-state index contributed by atoms with van der Waals surface area (Å²) >= 11 is 0. The van der Waals surface area contributed by atoms with E-state index in [0.717, 1.165) is 6.42 Å². The molecular formula is C15H19N3O4. The highest BCUT2D eigenvalue weighted by Crippen LogP contribution is 2.00. The van der Waals surface area contributed by atoms with Crippen molar-refractivity contribution in [1.82, 2.24) is 10.6 Å². The first-order valence-corrected chi connectivity index (χ1v) is 6.99. The molecule has 0 aliphatic heterocycles. The molecule has 7 heteroatoms. The number of carbonyl (C=O) groups excluding carboxylic acids is 1. The number of nitrogens with zero attached hydrogens (tertiary/aromatic N) is 1. The molecule has 1 aromatic heterocycles. The lowest BCUT2D eigenvalue weighted by atomic mass is 10.2. The van der Waals surface area contributed by atoms with Crippen LogP contribution in [0.25, 0.3) is 0 Å². The van der Waals surface area contributed by atoms with Crippen molar-refractivity contribution < 1.29 is 19.1 Å². The third-order valence-electron chi connectivity index (χ3n) is 2.82. The predicted molar refractivity (Wildman–Crippen MR) is 78.4 cm³/mol. The summed E-state index contributed by atoms with van der Waals surface area (Å²) in [7, 11) is 0. The van der Waals surface area contributed by atoms with Crippen molar-refractivity contribution in [3.8, 4) is 6.07 Å². The lowest BCUT2D eigenvalue weighted by Crippen LogP contribution is -2.26. The maximum absolute atomic E-state index is 11.7. The first-order chi connectivity index (χ1) is 10.6. The van der Waals surface area contributed by atoms with Gasteiger partial charge >= 0.3 is 5.97 Å². The van der Waals surface area contributed by atoms with Crippen molar-refractivity contribution >= 4 is 11.9 Å². The summed E-state index contributed by atoms with van der Waals surface area (Å²) in [5.74, 6) is -0.568. The van der Waals surface area contributed by atoms with Crippen LogP contribution in [0, 0.1) is 11.3 Å². The van der Waals surface area contributed by atoms with E-state index in [1.807, 2.05) is 6.07 Å². The van der Waals surface area contributed by atoms with Gasteiger partial charge in [0.25, 0.3) is 5.91 Å². The number of carbonyl (C=O) groups is 2. The van der Waals surface area contributed by atoms with Gasteiger partial charge in [-0.1, -0.05) is 6.42 Å². The molecule has 0 aliphatic carbocycles. The maximum atomic E-state index is 11.7. The number of unbranched alkanes of at least 4 members (excludes halogenated alkanes) is 2. The third-order valence-corrected chi connectivity index (χ3v) is 2.82. The minimum absolute atomic E-state index is 0.0166. The van der Waals surface area contributed by atoms with Gasteiger partial charge in [0.05, 0.1) is 12.8 Å². The summed E-state index contributed by atoms with van der Waals surface area (Å²) in [6.07, 6.45) is 5.00. The summed E-state index contributed by atoms with van der Waals surface area (Å²) in [5, 5.41) is 22.9. The van der Waals surface area contributed by atoms with Gasteiger partial charge < -0.3 is 20.2 Å². The van der Waals surface area contributed by atoms with E-state index in [2.05, 4.69) is 10.6 Å². The van der Waals surface area contributed by atoms with Crippen molar-refractivity contribution in [2.75, 3.05) is 6.54 Å². The number of nitrogens with one attached hydrogen (secondary N) is 2. The molecule has 0 aliphatic rings. The second-order valence-corrected chi connectivity index (χ2v) is 4.59. The third kappa shape index (κ3) is 7.14. The average molecular weight is 305 g/mol. The Labute approximate surface area is 128 Å². The van der Waals surface area contributed by atoms with Crippen molar-refractivity contribution in [1.29, 1.82) is 5.26 Å². The number of furan rings is 1. The smallest absolute Gasteiger partial charge is 0.303 e. The predicted octanol–water partition coefficient (Wildman–Crippen LogP) is 1.54. The average Bonchev–Trinajstić information content (AvgIpc) is 3.00. The molecule has 0 unspecified atom stereocenters. The van der Waals surface area contributed by atoms with E-state index in [-0.39, 0.29) is 12.0 Å². The normalized spacial score (nSPS) is 10.8. The molecule has 1 heterocycles. The molecule has 0 bridgehead atoms. The summed E-state index contributed by atoms with van der Waals surface area (Å²) in [6, 6.07) is 5.36. The Bertz CT molecular complexity index is 544. The fourth-order valence-electron chi connectivity index (χ4n) is 1.69. The molecule has 0 spiro atoms. The van der Waals surface area contributed by atoms with Gasteiger partial charge in [0, 0.05) is 19.2 Å². The lowest BCUT2D eigenvalue weighted by molar-refractivity contribution is -0.137. The van der Waals surface area contributed by atoms with Crippen molar-refractivity contribution in [2.45, 2.75) is 32.2 Å². The fraction of sp³-hybridized carbons (Fsp3) is 0.400. The second kappa shape index (κ2) is 10.0. The number of carboxylic acids is 1. The lowest BCUT2D eigenvalue weighted by Gasteiger charge is -2.04. The maximum Gasteiger partial charge on any atom is 0.303 e. The van der Waals surface area contributed by atoms with Crippen LogP contribution in [0.15, 0.2) is 34.6 Å². The van der Waals surface area contributed by atoms with Crippen LogP contribution in [0.1, 0.15) is 31.4 Å². The minimum atomic E-state index is -0.818. The summed E-state index contributed by atoms with van der Waals surface area (Å²) in [5.41, 5.74) is -0.0166. The SMILES string of the molecule is N#C/C(=C/NCc1ccco1)C(=O)NCCCCCC(=O)O. The van der Waals surface area contributed by atoms with Crippen LogP contribution in [0.2, 0.25) is 0 Å². The molecule has 1 amide bonds. The van der Waals surface area contributed by atoms with E-state index in [4.69, 9.17) is 14.8 Å². The monoisotopic (exact) mass is 305 g/mol. The Balaban J connectivity index is 2.23. The highest BCUT2D eigenvalue weighted by atomic mass is 16.4. The van der Waals surface area contributed by atoms with Gasteiger partial charge in [-0.25, -0.2) is 0 Å². The first-order valence-electron chi connectivity index (χ1n) is 6.99. The molecule has 7 nitrogen and oxygen atoms in total. The molecule has 1 rings (SSSR count). The van der Waals surface area contributed by atoms with Crippen LogP contribution >= 0.6 is 0 Å². The summed E-state index contributed by atoms with van der Waals surface area (Å²) < 4.78 is 5.11. The molecule has 22 heavy (non-hydrogen) atoms. The Morgan fingerprint density at radius 2 is 2.18 bits per heavy atom. The summed E-state index contributed by atoms with van der Waals surface area (Å²) in [6.45, 7) is 0.802. The molecule has 0 aromatic carbocycles. The fourth-order valence-corrected chi connectivity index (χ4v) is 1.69. The van der Waals surface area contributed by atoms with Gasteiger partial charge in [0.15, 0.2) is 0 Å². The molecule has 0 fully saturated rings. The minimum Gasteiger partial charge on any atom is -0.481 e. The molecule has 0 radical (unpaired) electrons. The Hall–Kier alpha value is -2.75. The van der Waals surface area contributed by atoms with Crippen LogP contribution in [0.3, 0.4) is 0 Å². The van der Waals surface area contributed by atoms with Crippen LogP contribution in [-0.2, 0) is 16.1 Å². The zero-order valence-electron chi connectivity index (χ0n) is 12.2. The highest BCUT2D eigenvalue weighted by Gasteiger charge is 2.07. The number of carboxylic acid groups (broad SMARTS) is 1. The van der Waals surface area contributed by atoms with Gasteiger partial charge in [-0.2, -0.15) is 5.26 Å². The second-order valence-electron chi connectivity index (χ2n) is 4.59. The number of hydrogen-bond donors (Lipinski definition) is 3. The van der Waals surface area contributed by atoms with Crippen LogP contribution < -0.4 is 10.6 Å². The topological polar surface area (TPSA) is 115 Å². The van der Waals surface area contributed by atoms with Crippen molar-refractivity contribution in [3.63, 3.8) is 0 Å². The molecule has 0 saturated carbocycles. The molecule has 0 saturated heterocycles. The van der Waals surface area contributed by atoms with Gasteiger partial charge in [-0.15, -0.1) is 0 Å².